The molecule has 1 aromatic heterocycles. The first kappa shape index (κ1) is 12.5. The fourth-order valence-electron chi connectivity index (χ4n) is 1.84. The van der Waals surface area contributed by atoms with Gasteiger partial charge in [0.25, 0.3) is 0 Å². The molecule has 3 heteroatoms. The van der Waals surface area contributed by atoms with Crippen LogP contribution in [0.2, 0.25) is 0 Å². The summed E-state index contributed by atoms with van der Waals surface area (Å²) < 4.78 is 5.32. The standard InChI is InChI=1S/C14H15ClOS/c1-9-4-5-10(2)11(8-9)13(15)14-12(16-3)6-7-17-14/h4-8,13H,1-3H3. The van der Waals surface area contributed by atoms with Crippen molar-refractivity contribution in [2.45, 2.75) is 19.2 Å². The summed E-state index contributed by atoms with van der Waals surface area (Å²) in [6.45, 7) is 4.17. The molecule has 0 fully saturated rings. The van der Waals surface area contributed by atoms with Gasteiger partial charge in [-0.15, -0.1) is 22.9 Å². The molecule has 0 aliphatic rings. The quantitative estimate of drug-likeness (QED) is 0.732. The summed E-state index contributed by atoms with van der Waals surface area (Å²) in [6, 6.07) is 8.32. The molecule has 0 aliphatic carbocycles. The molecule has 17 heavy (non-hydrogen) atoms. The third kappa shape index (κ3) is 2.48. The maximum absolute atomic E-state index is 6.56. The average Bonchev–Trinajstić information content (AvgIpc) is 2.79. The highest BCUT2D eigenvalue weighted by Gasteiger charge is 2.18. The number of hydrogen-bond donors (Lipinski definition) is 0. The van der Waals surface area contributed by atoms with Gasteiger partial charge in [-0.1, -0.05) is 23.8 Å². The molecule has 0 aliphatic heterocycles. The number of halogens is 1. The Labute approximate surface area is 111 Å². The lowest BCUT2D eigenvalue weighted by atomic mass is 10.0. The van der Waals surface area contributed by atoms with E-state index in [0.717, 1.165) is 16.2 Å². The Morgan fingerprint density at radius 1 is 1.24 bits per heavy atom. The highest BCUT2D eigenvalue weighted by atomic mass is 35.5. The van der Waals surface area contributed by atoms with Crippen LogP contribution in [-0.2, 0) is 0 Å². The van der Waals surface area contributed by atoms with Crippen LogP contribution in [0.15, 0.2) is 29.6 Å². The zero-order valence-corrected chi connectivity index (χ0v) is 11.7. The van der Waals surface area contributed by atoms with Gasteiger partial charge in [0.05, 0.1) is 17.4 Å². The van der Waals surface area contributed by atoms with Gasteiger partial charge in [0.15, 0.2) is 0 Å². The molecule has 0 bridgehead atoms. The van der Waals surface area contributed by atoms with Gasteiger partial charge in [0.2, 0.25) is 0 Å². The zero-order valence-electron chi connectivity index (χ0n) is 10.2. The minimum absolute atomic E-state index is 0.134. The highest BCUT2D eigenvalue weighted by Crippen LogP contribution is 2.40. The van der Waals surface area contributed by atoms with Gasteiger partial charge in [-0.05, 0) is 36.4 Å². The van der Waals surface area contributed by atoms with E-state index in [0.29, 0.717) is 0 Å². The van der Waals surface area contributed by atoms with Crippen LogP contribution in [0.5, 0.6) is 5.75 Å². The molecular formula is C14H15ClOS. The minimum Gasteiger partial charge on any atom is -0.496 e. The van der Waals surface area contributed by atoms with Crippen molar-refractivity contribution >= 4 is 22.9 Å². The maximum Gasteiger partial charge on any atom is 0.134 e. The van der Waals surface area contributed by atoms with Crippen LogP contribution < -0.4 is 4.74 Å². The minimum atomic E-state index is -0.134. The molecule has 0 spiro atoms. The van der Waals surface area contributed by atoms with Gasteiger partial charge in [-0.25, -0.2) is 0 Å². The molecule has 0 amide bonds. The van der Waals surface area contributed by atoms with E-state index in [1.54, 1.807) is 18.4 Å². The number of rotatable bonds is 3. The summed E-state index contributed by atoms with van der Waals surface area (Å²) in [4.78, 5) is 1.07. The Balaban J connectivity index is 2.43. The van der Waals surface area contributed by atoms with Crippen molar-refractivity contribution in [1.29, 1.82) is 0 Å². The van der Waals surface area contributed by atoms with E-state index >= 15 is 0 Å². The van der Waals surface area contributed by atoms with Crippen molar-refractivity contribution in [1.82, 2.24) is 0 Å². The van der Waals surface area contributed by atoms with Crippen LogP contribution in [0.25, 0.3) is 0 Å². The van der Waals surface area contributed by atoms with Gasteiger partial charge in [0.1, 0.15) is 5.75 Å². The summed E-state index contributed by atoms with van der Waals surface area (Å²) in [5.41, 5.74) is 3.60. The summed E-state index contributed by atoms with van der Waals surface area (Å²) in [5.74, 6) is 0.871. The average molecular weight is 267 g/mol. The molecule has 90 valence electrons. The molecule has 1 atom stereocenters. The van der Waals surface area contributed by atoms with Crippen LogP contribution >= 0.6 is 22.9 Å². The normalized spacial score (nSPS) is 12.5. The van der Waals surface area contributed by atoms with Gasteiger partial charge >= 0.3 is 0 Å². The van der Waals surface area contributed by atoms with Gasteiger partial charge < -0.3 is 4.74 Å². The Hall–Kier alpha value is -0.990. The number of aryl methyl sites for hydroxylation is 2. The molecule has 0 radical (unpaired) electrons. The van der Waals surface area contributed by atoms with E-state index in [1.807, 2.05) is 11.4 Å². The molecule has 2 aromatic rings. The fourth-order valence-corrected chi connectivity index (χ4v) is 3.19. The largest absolute Gasteiger partial charge is 0.496 e. The summed E-state index contributed by atoms with van der Waals surface area (Å²) in [7, 11) is 1.68. The van der Waals surface area contributed by atoms with Crippen LogP contribution in [0.3, 0.4) is 0 Å². The Kier molecular flexibility index (Phi) is 3.75. The van der Waals surface area contributed by atoms with E-state index < -0.39 is 0 Å². The van der Waals surface area contributed by atoms with Crippen molar-refractivity contribution in [2.24, 2.45) is 0 Å². The monoisotopic (exact) mass is 266 g/mol. The maximum atomic E-state index is 6.56. The van der Waals surface area contributed by atoms with Crippen molar-refractivity contribution in [3.63, 3.8) is 0 Å². The molecule has 1 aromatic carbocycles. The third-order valence-electron chi connectivity index (χ3n) is 2.82. The van der Waals surface area contributed by atoms with Gasteiger partial charge in [0, 0.05) is 0 Å². The summed E-state index contributed by atoms with van der Waals surface area (Å²) in [6.07, 6.45) is 0. The van der Waals surface area contributed by atoms with Crippen molar-refractivity contribution in [3.05, 3.63) is 51.2 Å². The summed E-state index contributed by atoms with van der Waals surface area (Å²) >= 11 is 8.20. The Morgan fingerprint density at radius 2 is 2.00 bits per heavy atom. The van der Waals surface area contributed by atoms with Gasteiger partial charge in [-0.2, -0.15) is 0 Å². The fraction of sp³-hybridized carbons (Fsp3) is 0.286. The lowest BCUT2D eigenvalue weighted by Gasteiger charge is -2.13. The third-order valence-corrected chi connectivity index (χ3v) is 4.36. The molecule has 0 saturated heterocycles. The number of thiophene rings is 1. The van der Waals surface area contributed by atoms with Crippen molar-refractivity contribution in [3.8, 4) is 5.75 Å². The highest BCUT2D eigenvalue weighted by molar-refractivity contribution is 7.10. The number of methoxy groups -OCH3 is 1. The van der Waals surface area contributed by atoms with E-state index in [-0.39, 0.29) is 5.38 Å². The van der Waals surface area contributed by atoms with Crippen LogP contribution in [-0.4, -0.2) is 7.11 Å². The predicted molar refractivity (Wildman–Crippen MR) is 74.5 cm³/mol. The lowest BCUT2D eigenvalue weighted by molar-refractivity contribution is 0.413. The summed E-state index contributed by atoms with van der Waals surface area (Å²) in [5, 5.41) is 1.87. The first-order valence-corrected chi connectivity index (χ1v) is 6.77. The van der Waals surface area contributed by atoms with Crippen molar-refractivity contribution < 1.29 is 4.74 Å². The topological polar surface area (TPSA) is 9.23 Å². The van der Waals surface area contributed by atoms with Gasteiger partial charge in [-0.3, -0.25) is 0 Å². The van der Waals surface area contributed by atoms with E-state index in [2.05, 4.69) is 32.0 Å². The van der Waals surface area contributed by atoms with E-state index in [9.17, 15) is 0 Å². The second-order valence-corrected chi connectivity index (χ2v) is 5.46. The Bertz CT molecular complexity index is 519. The predicted octanol–water partition coefficient (Wildman–Crippen LogP) is 4.70. The second kappa shape index (κ2) is 5.11. The van der Waals surface area contributed by atoms with E-state index in [1.165, 1.54) is 11.1 Å². The zero-order chi connectivity index (χ0) is 12.4. The second-order valence-electron chi connectivity index (χ2n) is 4.08. The van der Waals surface area contributed by atoms with Crippen molar-refractivity contribution in [2.75, 3.05) is 7.11 Å². The molecule has 0 saturated carbocycles. The van der Waals surface area contributed by atoms with Crippen LogP contribution in [0.4, 0.5) is 0 Å². The molecule has 1 unspecified atom stereocenters. The molecule has 1 heterocycles. The first-order valence-electron chi connectivity index (χ1n) is 5.46. The number of benzene rings is 1. The first-order chi connectivity index (χ1) is 8.13. The van der Waals surface area contributed by atoms with E-state index in [4.69, 9.17) is 16.3 Å². The smallest absolute Gasteiger partial charge is 0.134 e. The SMILES string of the molecule is COc1ccsc1C(Cl)c1cc(C)ccc1C. The molecule has 2 rings (SSSR count). The Morgan fingerprint density at radius 3 is 2.71 bits per heavy atom. The number of alkyl halides is 1. The van der Waals surface area contributed by atoms with Crippen LogP contribution in [0, 0.1) is 13.8 Å². The number of hydrogen-bond acceptors (Lipinski definition) is 2. The lowest BCUT2D eigenvalue weighted by Crippen LogP contribution is -1.97. The molecular weight excluding hydrogens is 252 g/mol. The molecule has 1 nitrogen and oxygen atoms in total. The number of ether oxygens (including phenoxy) is 1. The molecule has 0 N–H and O–H groups in total. The van der Waals surface area contributed by atoms with Crippen LogP contribution in [0.1, 0.15) is 26.9 Å².